The summed E-state index contributed by atoms with van der Waals surface area (Å²) in [5.74, 6) is -2.93. The molecule has 3 aromatic heterocycles. The number of imide groups is 1. The van der Waals surface area contributed by atoms with E-state index in [-0.39, 0.29) is 52.4 Å². The van der Waals surface area contributed by atoms with Crippen LogP contribution in [0, 0.1) is 23.4 Å². The van der Waals surface area contributed by atoms with E-state index in [2.05, 4.69) is 49.4 Å². The molecule has 5 aromatic rings. The van der Waals surface area contributed by atoms with E-state index in [0.717, 1.165) is 80.9 Å². The van der Waals surface area contributed by atoms with Crippen molar-refractivity contribution in [2.75, 3.05) is 69.6 Å². The second kappa shape index (κ2) is 18.9. The highest BCUT2D eigenvalue weighted by Crippen LogP contribution is 2.58. The summed E-state index contributed by atoms with van der Waals surface area (Å²) in [4.78, 5) is 80.1. The fourth-order valence-electron chi connectivity index (χ4n) is 12.4. The Bertz CT molecular complexity index is 3040. The molecule has 11 rings (SSSR count). The molecule has 5 fully saturated rings. The van der Waals surface area contributed by atoms with Crippen LogP contribution in [-0.2, 0) is 39.9 Å². The number of halogens is 3. The van der Waals surface area contributed by atoms with Gasteiger partial charge < -0.3 is 14.8 Å². The van der Waals surface area contributed by atoms with Crippen molar-refractivity contribution in [3.8, 4) is 5.69 Å². The van der Waals surface area contributed by atoms with E-state index in [0.29, 0.717) is 80.7 Å². The van der Waals surface area contributed by atoms with Gasteiger partial charge in [0.05, 0.1) is 23.0 Å². The number of piperazine rings is 1. The van der Waals surface area contributed by atoms with Crippen molar-refractivity contribution < 1.29 is 32.3 Å². The van der Waals surface area contributed by atoms with Gasteiger partial charge in [0.25, 0.3) is 11.5 Å². The minimum absolute atomic E-state index is 0.0239. The molecular weight excluding hydrogens is 926 g/mol. The number of likely N-dealkylation sites (tertiary alicyclic amines) is 2. The maximum atomic E-state index is 15.9. The fraction of sp³-hybridized carbons (Fsp3) is 0.481. The lowest BCUT2D eigenvalue weighted by Crippen LogP contribution is -2.54. The van der Waals surface area contributed by atoms with E-state index >= 15 is 8.78 Å². The number of amides is 4. The second-order valence-corrected chi connectivity index (χ2v) is 21.0. The average molecular weight is 987 g/mol. The Morgan fingerprint density at radius 3 is 2.28 bits per heavy atom. The van der Waals surface area contributed by atoms with Gasteiger partial charge in [-0.05, 0) is 118 Å². The zero-order chi connectivity index (χ0) is 50.2. The minimum atomic E-state index is -0.684. The summed E-state index contributed by atoms with van der Waals surface area (Å²) in [5, 5.41) is 5.81. The predicted octanol–water partition coefficient (Wildman–Crippen LogP) is 5.80. The van der Waals surface area contributed by atoms with Crippen molar-refractivity contribution in [1.82, 2.24) is 39.0 Å². The van der Waals surface area contributed by atoms with Gasteiger partial charge in [-0.25, -0.2) is 18.2 Å². The fourth-order valence-corrected chi connectivity index (χ4v) is 12.4. The van der Waals surface area contributed by atoms with Crippen LogP contribution in [-0.4, -0.2) is 129 Å². The van der Waals surface area contributed by atoms with Gasteiger partial charge in [0.1, 0.15) is 23.3 Å². The van der Waals surface area contributed by atoms with Gasteiger partial charge in [0.15, 0.2) is 5.82 Å². The zero-order valence-corrected chi connectivity index (χ0v) is 41.1. The van der Waals surface area contributed by atoms with Crippen LogP contribution in [0.3, 0.4) is 0 Å². The molecule has 2 aromatic carbocycles. The number of aryl methyl sites for hydroxylation is 1. The number of rotatable bonds is 11. The van der Waals surface area contributed by atoms with Gasteiger partial charge in [-0.15, -0.1) is 0 Å². The zero-order valence-electron chi connectivity index (χ0n) is 41.1. The van der Waals surface area contributed by atoms with E-state index in [4.69, 9.17) is 0 Å². The number of anilines is 2. The Morgan fingerprint density at radius 2 is 1.58 bits per heavy atom. The molecule has 1 aliphatic carbocycles. The highest BCUT2D eigenvalue weighted by molar-refractivity contribution is 6.15. The number of piperidine rings is 3. The largest absolute Gasteiger partial charge is 0.386 e. The molecule has 2 N–H and O–H groups in total. The Kier molecular flexibility index (Phi) is 12.6. The van der Waals surface area contributed by atoms with Crippen LogP contribution in [0.15, 0.2) is 65.7 Å². The lowest BCUT2D eigenvalue weighted by Gasteiger charge is -2.42. The van der Waals surface area contributed by atoms with Gasteiger partial charge in [0.2, 0.25) is 17.7 Å². The van der Waals surface area contributed by atoms with E-state index in [9.17, 15) is 28.4 Å². The SMILES string of the molecule is CNc1cc(=O)n(-c2ccnc3c2cc(CN2CCC(c4c(F)cc(C(=O)N5CCC(CN6CCN(Cc7ccc8c(c7)C7(CC7)C(=O)N8[C@H]7CCC(=O)NC7=O)C[C@@H]6C)CC5)cc4F)CC2)n3C)cc1F. The van der Waals surface area contributed by atoms with E-state index in [1.54, 1.807) is 29.1 Å². The van der Waals surface area contributed by atoms with Crippen LogP contribution in [0.25, 0.3) is 16.7 Å². The Morgan fingerprint density at radius 1 is 0.833 bits per heavy atom. The Balaban J connectivity index is 0.654. The van der Waals surface area contributed by atoms with Crippen LogP contribution in [0.5, 0.6) is 0 Å². The van der Waals surface area contributed by atoms with Crippen molar-refractivity contribution in [1.29, 1.82) is 0 Å². The summed E-state index contributed by atoms with van der Waals surface area (Å²) in [6, 6.07) is 13.2. The highest BCUT2D eigenvalue weighted by atomic mass is 19.1. The molecule has 72 heavy (non-hydrogen) atoms. The first-order valence-corrected chi connectivity index (χ1v) is 25.5. The quantitative estimate of drug-likeness (QED) is 0.156. The van der Waals surface area contributed by atoms with Gasteiger partial charge in [-0.1, -0.05) is 12.1 Å². The van der Waals surface area contributed by atoms with Crippen LogP contribution in [0.4, 0.5) is 24.5 Å². The molecule has 378 valence electrons. The summed E-state index contributed by atoms with van der Waals surface area (Å²) in [6.07, 6.45) is 7.56. The molecule has 0 bridgehead atoms. The van der Waals surface area contributed by atoms with Gasteiger partial charge in [0, 0.05) is 119 Å². The first kappa shape index (κ1) is 47.9. The van der Waals surface area contributed by atoms with Crippen LogP contribution in [0.1, 0.15) is 97.0 Å². The number of hydrogen-bond donors (Lipinski definition) is 2. The molecule has 1 saturated carbocycles. The van der Waals surface area contributed by atoms with Crippen molar-refractivity contribution in [2.24, 2.45) is 13.0 Å². The standard InChI is InChI=1S/C54H61F3N10O5/c1-32-27-63(28-34-4-5-45-39(22-34)54(13-14-54)53(72)67(45)46-6-7-47(68)60-51(46)70)20-21-65(32)29-33-9-18-64(19-10-33)52(71)36-23-40(55)49(41(56)24-36)35-11-16-62(17-12-35)30-37-25-38-44(8-15-59-50(38)61(37)3)66-31-42(57)43(58-2)26-48(66)69/h4-5,8,15,22-26,31-33,35,46,58H,6-7,9-14,16-21,27-30H2,1-3H3,(H,60,68,70)/t32-,46-/m0/s1. The topological polar surface area (TPSA) is 148 Å². The molecule has 18 heteroatoms. The Hall–Kier alpha value is -6.37. The number of pyridine rings is 2. The summed E-state index contributed by atoms with van der Waals surface area (Å²) >= 11 is 0. The van der Waals surface area contributed by atoms with Crippen molar-refractivity contribution >= 4 is 46.0 Å². The van der Waals surface area contributed by atoms with Crippen LogP contribution < -0.4 is 21.1 Å². The van der Waals surface area contributed by atoms with Crippen LogP contribution in [0.2, 0.25) is 0 Å². The van der Waals surface area contributed by atoms with Crippen molar-refractivity contribution in [3.05, 3.63) is 117 Å². The first-order chi connectivity index (χ1) is 34.7. The predicted molar refractivity (Wildman–Crippen MR) is 265 cm³/mol. The normalized spacial score (nSPS) is 22.3. The smallest absolute Gasteiger partial charge is 0.257 e. The van der Waals surface area contributed by atoms with E-state index < -0.39 is 34.8 Å². The number of nitrogens with one attached hydrogen (secondary N) is 2. The maximum absolute atomic E-state index is 15.9. The Labute approximate surface area is 415 Å². The van der Waals surface area contributed by atoms with Crippen LogP contribution >= 0.6 is 0 Å². The van der Waals surface area contributed by atoms with Gasteiger partial charge in [-0.3, -0.25) is 53.5 Å². The molecule has 4 amide bonds. The number of hydrogen-bond acceptors (Lipinski definition) is 10. The lowest BCUT2D eigenvalue weighted by molar-refractivity contribution is -0.135. The molecule has 0 unspecified atom stereocenters. The molecule has 5 aliphatic heterocycles. The monoisotopic (exact) mass is 986 g/mol. The highest BCUT2D eigenvalue weighted by Gasteiger charge is 2.61. The lowest BCUT2D eigenvalue weighted by atomic mass is 9.87. The van der Waals surface area contributed by atoms with E-state index in [1.807, 2.05) is 23.7 Å². The third kappa shape index (κ3) is 8.67. The number of fused-ring (bicyclic) bond motifs is 3. The molecule has 2 atom stereocenters. The number of nitrogens with zero attached hydrogens (tertiary/aromatic N) is 8. The molecular formula is C54H61F3N10O5. The summed E-state index contributed by atoms with van der Waals surface area (Å²) in [6.45, 7) is 9.42. The van der Waals surface area contributed by atoms with Gasteiger partial charge >= 0.3 is 0 Å². The first-order valence-electron chi connectivity index (χ1n) is 25.5. The molecule has 6 aliphatic rings. The molecule has 4 saturated heterocycles. The van der Waals surface area contributed by atoms with Crippen molar-refractivity contribution in [3.63, 3.8) is 0 Å². The van der Waals surface area contributed by atoms with E-state index in [1.165, 1.54) is 29.0 Å². The summed E-state index contributed by atoms with van der Waals surface area (Å²) < 4.78 is 49.7. The number of carbonyl (C=O) groups is 4. The average Bonchev–Trinajstić information content (AvgIpc) is 4.07. The second-order valence-electron chi connectivity index (χ2n) is 21.0. The number of aromatic nitrogens is 3. The van der Waals surface area contributed by atoms with Gasteiger partial charge in [-0.2, -0.15) is 0 Å². The summed E-state index contributed by atoms with van der Waals surface area (Å²) in [7, 11) is 3.45. The number of benzene rings is 2. The summed E-state index contributed by atoms with van der Waals surface area (Å²) in [5.41, 5.74) is 4.30. The molecule has 0 radical (unpaired) electrons. The molecule has 15 nitrogen and oxygen atoms in total. The molecule has 8 heterocycles. The minimum Gasteiger partial charge on any atom is -0.386 e. The third-order valence-corrected chi connectivity index (χ3v) is 16.6. The number of carbonyl (C=O) groups excluding carboxylic acids is 4. The third-order valence-electron chi connectivity index (χ3n) is 16.6. The van der Waals surface area contributed by atoms with Crippen molar-refractivity contribution in [2.45, 2.75) is 94.8 Å². The maximum Gasteiger partial charge on any atom is 0.257 e. The molecule has 1 spiro atoms.